The number of carbonyl (C=O) groups is 2. The van der Waals surface area contributed by atoms with Crippen LogP contribution in [-0.2, 0) is 20.7 Å². The van der Waals surface area contributed by atoms with Gasteiger partial charge >= 0.3 is 0 Å². The fraction of sp³-hybridized carbons (Fsp3) is 0.444. The molecule has 0 saturated carbocycles. The van der Waals surface area contributed by atoms with E-state index in [0.717, 1.165) is 5.56 Å². The van der Waals surface area contributed by atoms with Gasteiger partial charge in [-0.3, -0.25) is 14.5 Å². The van der Waals surface area contributed by atoms with Gasteiger partial charge in [-0.25, -0.2) is 0 Å². The van der Waals surface area contributed by atoms with Crippen molar-refractivity contribution in [2.24, 2.45) is 11.8 Å². The number of benzene rings is 1. The highest BCUT2D eigenvalue weighted by molar-refractivity contribution is 6.06. The van der Waals surface area contributed by atoms with Crippen molar-refractivity contribution in [2.75, 3.05) is 20.8 Å². The van der Waals surface area contributed by atoms with E-state index in [4.69, 9.17) is 14.2 Å². The molecule has 6 heteroatoms. The summed E-state index contributed by atoms with van der Waals surface area (Å²) in [5.41, 5.74) is 0.989. The lowest BCUT2D eigenvalue weighted by Gasteiger charge is -2.18. The van der Waals surface area contributed by atoms with Gasteiger partial charge in [0.2, 0.25) is 11.8 Å². The highest BCUT2D eigenvalue weighted by Gasteiger charge is 2.60. The average Bonchev–Trinajstić information content (AvgIpc) is 3.27. The number of imide groups is 1. The van der Waals surface area contributed by atoms with Crippen LogP contribution in [0.15, 0.2) is 30.4 Å². The SMILES string of the molecule is COc1ccc(CCN2C(=O)[C@@H]3[C@@H](C2=O)[C@H]2C=C[C@@H]3O2)cc1OC. The molecule has 2 amide bonds. The Bertz CT molecular complexity index is 698. The molecule has 3 heterocycles. The number of carbonyl (C=O) groups excluding carboxylic acids is 2. The number of ether oxygens (including phenoxy) is 3. The normalized spacial score (nSPS) is 30.2. The van der Waals surface area contributed by atoms with E-state index in [1.54, 1.807) is 14.2 Å². The quantitative estimate of drug-likeness (QED) is 0.600. The number of likely N-dealkylation sites (tertiary alicyclic amines) is 1. The van der Waals surface area contributed by atoms with Gasteiger partial charge in [0, 0.05) is 6.54 Å². The molecule has 1 aromatic carbocycles. The molecule has 3 aliphatic heterocycles. The van der Waals surface area contributed by atoms with E-state index >= 15 is 0 Å². The van der Waals surface area contributed by atoms with Gasteiger partial charge in [0.25, 0.3) is 0 Å². The van der Waals surface area contributed by atoms with Gasteiger partial charge in [0.05, 0.1) is 38.3 Å². The van der Waals surface area contributed by atoms with Crippen LogP contribution in [0.4, 0.5) is 0 Å². The summed E-state index contributed by atoms with van der Waals surface area (Å²) in [6.45, 7) is 0.375. The van der Waals surface area contributed by atoms with Crippen molar-refractivity contribution in [3.05, 3.63) is 35.9 Å². The first kappa shape index (κ1) is 15.2. The highest BCUT2D eigenvalue weighted by atomic mass is 16.5. The predicted octanol–water partition coefficient (Wildman–Crippen LogP) is 1.18. The molecule has 0 aromatic heterocycles. The summed E-state index contributed by atoms with van der Waals surface area (Å²) in [5.74, 6) is 0.408. The number of hydrogen-bond donors (Lipinski definition) is 0. The molecule has 0 N–H and O–H groups in total. The minimum Gasteiger partial charge on any atom is -0.493 e. The Morgan fingerprint density at radius 1 is 1.00 bits per heavy atom. The maximum atomic E-state index is 12.6. The zero-order valence-electron chi connectivity index (χ0n) is 13.6. The maximum absolute atomic E-state index is 12.6. The van der Waals surface area contributed by atoms with Crippen molar-refractivity contribution in [3.8, 4) is 11.5 Å². The first-order valence-corrected chi connectivity index (χ1v) is 8.04. The fourth-order valence-corrected chi connectivity index (χ4v) is 3.86. The molecule has 3 aliphatic rings. The number of nitrogens with zero attached hydrogens (tertiary/aromatic N) is 1. The van der Waals surface area contributed by atoms with Gasteiger partial charge in [-0.05, 0) is 24.1 Å². The molecule has 126 valence electrons. The molecule has 1 aromatic rings. The minimum absolute atomic E-state index is 0.109. The molecule has 2 bridgehead atoms. The van der Waals surface area contributed by atoms with E-state index in [1.807, 2.05) is 30.4 Å². The van der Waals surface area contributed by atoms with Crippen molar-refractivity contribution in [3.63, 3.8) is 0 Å². The van der Waals surface area contributed by atoms with Crippen LogP contribution in [0.3, 0.4) is 0 Å². The second-order valence-electron chi connectivity index (χ2n) is 6.27. The van der Waals surface area contributed by atoms with E-state index in [0.29, 0.717) is 24.5 Å². The summed E-state index contributed by atoms with van der Waals surface area (Å²) in [5, 5.41) is 0. The van der Waals surface area contributed by atoms with Gasteiger partial charge in [-0.2, -0.15) is 0 Å². The largest absolute Gasteiger partial charge is 0.493 e. The molecule has 4 rings (SSSR count). The van der Waals surface area contributed by atoms with Gasteiger partial charge in [0.1, 0.15) is 0 Å². The van der Waals surface area contributed by atoms with Gasteiger partial charge < -0.3 is 14.2 Å². The zero-order chi connectivity index (χ0) is 16.8. The number of amides is 2. The second-order valence-corrected chi connectivity index (χ2v) is 6.27. The van der Waals surface area contributed by atoms with Crippen LogP contribution >= 0.6 is 0 Å². The zero-order valence-corrected chi connectivity index (χ0v) is 13.6. The minimum atomic E-state index is -0.335. The molecule has 2 fully saturated rings. The van der Waals surface area contributed by atoms with Crippen LogP contribution < -0.4 is 9.47 Å². The predicted molar refractivity (Wildman–Crippen MR) is 84.8 cm³/mol. The Balaban J connectivity index is 1.47. The third-order valence-corrected chi connectivity index (χ3v) is 5.07. The molecule has 0 aliphatic carbocycles. The third-order valence-electron chi connectivity index (χ3n) is 5.07. The molecule has 2 saturated heterocycles. The Kier molecular flexibility index (Phi) is 3.57. The molecular weight excluding hydrogens is 310 g/mol. The Hall–Kier alpha value is -2.34. The van der Waals surface area contributed by atoms with E-state index < -0.39 is 0 Å². The van der Waals surface area contributed by atoms with Crippen LogP contribution in [0, 0.1) is 11.8 Å². The molecule has 0 radical (unpaired) electrons. The summed E-state index contributed by atoms with van der Waals surface area (Å²) < 4.78 is 16.1. The Labute approximate surface area is 140 Å². The fourth-order valence-electron chi connectivity index (χ4n) is 3.86. The van der Waals surface area contributed by atoms with Gasteiger partial charge in [0.15, 0.2) is 11.5 Å². The summed E-state index contributed by atoms with van der Waals surface area (Å²) in [6.07, 6.45) is 3.91. The average molecular weight is 329 g/mol. The van der Waals surface area contributed by atoms with Crippen LogP contribution in [-0.4, -0.2) is 49.7 Å². The third kappa shape index (κ3) is 2.13. The van der Waals surface area contributed by atoms with E-state index in [1.165, 1.54) is 4.90 Å². The maximum Gasteiger partial charge on any atom is 0.236 e. The number of rotatable bonds is 5. The van der Waals surface area contributed by atoms with Crippen molar-refractivity contribution in [1.82, 2.24) is 4.90 Å². The van der Waals surface area contributed by atoms with Crippen LogP contribution in [0.2, 0.25) is 0 Å². The van der Waals surface area contributed by atoms with Gasteiger partial charge in [-0.1, -0.05) is 18.2 Å². The smallest absolute Gasteiger partial charge is 0.236 e. The van der Waals surface area contributed by atoms with Crippen molar-refractivity contribution in [2.45, 2.75) is 18.6 Å². The molecular formula is C18H19NO5. The topological polar surface area (TPSA) is 65.1 Å². The molecule has 6 nitrogen and oxygen atoms in total. The van der Waals surface area contributed by atoms with Crippen LogP contribution in [0.1, 0.15) is 5.56 Å². The summed E-state index contributed by atoms with van der Waals surface area (Å²) in [4.78, 5) is 26.5. The highest BCUT2D eigenvalue weighted by Crippen LogP contribution is 2.45. The lowest BCUT2D eigenvalue weighted by Crippen LogP contribution is -2.36. The summed E-state index contributed by atoms with van der Waals surface area (Å²) in [7, 11) is 3.17. The summed E-state index contributed by atoms with van der Waals surface area (Å²) in [6, 6.07) is 5.62. The van der Waals surface area contributed by atoms with Gasteiger partial charge in [-0.15, -0.1) is 0 Å². The van der Waals surface area contributed by atoms with Crippen molar-refractivity contribution < 1.29 is 23.8 Å². The van der Waals surface area contributed by atoms with Crippen molar-refractivity contribution in [1.29, 1.82) is 0 Å². The molecule has 0 spiro atoms. The van der Waals surface area contributed by atoms with E-state index in [2.05, 4.69) is 0 Å². The second kappa shape index (κ2) is 5.63. The van der Waals surface area contributed by atoms with Crippen molar-refractivity contribution >= 4 is 11.8 Å². The summed E-state index contributed by atoms with van der Waals surface area (Å²) >= 11 is 0. The van der Waals surface area contributed by atoms with E-state index in [9.17, 15) is 9.59 Å². The standard InChI is InChI=1S/C18H19NO5/c1-22-11-4-3-10(9-14(11)23-2)7-8-19-17(20)15-12-5-6-13(24-12)16(15)18(19)21/h3-6,9,12-13,15-16H,7-8H2,1-2H3/t12-,13+,15-,16-/m0/s1. The van der Waals surface area contributed by atoms with Crippen LogP contribution in [0.25, 0.3) is 0 Å². The Morgan fingerprint density at radius 2 is 1.62 bits per heavy atom. The molecule has 4 atom stereocenters. The number of methoxy groups -OCH3 is 2. The monoisotopic (exact) mass is 329 g/mol. The lowest BCUT2D eigenvalue weighted by molar-refractivity contribution is -0.142. The number of hydrogen-bond acceptors (Lipinski definition) is 5. The lowest BCUT2D eigenvalue weighted by atomic mass is 9.85. The van der Waals surface area contributed by atoms with Crippen LogP contribution in [0.5, 0.6) is 11.5 Å². The molecule has 0 unspecified atom stereocenters. The Morgan fingerprint density at radius 3 is 2.21 bits per heavy atom. The first-order chi connectivity index (χ1) is 11.6. The number of fused-ring (bicyclic) bond motifs is 5. The molecule has 24 heavy (non-hydrogen) atoms. The van der Waals surface area contributed by atoms with E-state index in [-0.39, 0.29) is 35.9 Å². The first-order valence-electron chi connectivity index (χ1n) is 8.04.